The van der Waals surface area contributed by atoms with Gasteiger partial charge >= 0.3 is 0 Å². The molecule has 4 aliphatic heterocycles. The van der Waals surface area contributed by atoms with Gasteiger partial charge < -0.3 is 20.3 Å². The van der Waals surface area contributed by atoms with Gasteiger partial charge in [-0.1, -0.05) is 6.92 Å². The molecule has 4 aliphatic rings. The molecule has 0 aliphatic carbocycles. The molecule has 9 heteroatoms. The van der Waals surface area contributed by atoms with E-state index in [1.165, 1.54) is 0 Å². The number of piperidine rings is 1. The number of anilines is 3. The lowest BCUT2D eigenvalue weighted by molar-refractivity contribution is -0.0228. The van der Waals surface area contributed by atoms with Crippen LogP contribution in [0.4, 0.5) is 22.1 Å². The van der Waals surface area contributed by atoms with Crippen molar-refractivity contribution in [2.45, 2.75) is 38.1 Å². The van der Waals surface area contributed by atoms with Crippen molar-refractivity contribution in [2.24, 2.45) is 5.92 Å². The van der Waals surface area contributed by atoms with E-state index in [0.717, 1.165) is 43.1 Å². The van der Waals surface area contributed by atoms with Crippen LogP contribution in [0.3, 0.4) is 0 Å². The molecule has 2 N–H and O–H groups in total. The Morgan fingerprint density at radius 3 is 2.57 bits per heavy atom. The van der Waals surface area contributed by atoms with Crippen LogP contribution in [0.2, 0.25) is 0 Å². The highest BCUT2D eigenvalue weighted by Crippen LogP contribution is 2.33. The third kappa shape index (κ3) is 3.13. The number of hydrogen-bond acceptors (Lipinski definition) is 8. The van der Waals surface area contributed by atoms with E-state index >= 15 is 0 Å². The fourth-order valence-corrected chi connectivity index (χ4v) is 4.25. The van der Waals surface area contributed by atoms with Crippen LogP contribution >= 0.6 is 0 Å². The van der Waals surface area contributed by atoms with Crippen molar-refractivity contribution in [2.75, 3.05) is 41.8 Å². The van der Waals surface area contributed by atoms with Crippen LogP contribution in [0.25, 0.3) is 11.3 Å². The summed E-state index contributed by atoms with van der Waals surface area (Å²) >= 11 is 0. The molecular formula is C19H24FN7O. The number of nitrogen functional groups attached to an aromatic ring is 1. The molecule has 0 amide bonds. The van der Waals surface area contributed by atoms with E-state index in [9.17, 15) is 4.39 Å². The molecule has 2 aromatic rings. The number of nitrogens with two attached hydrogens (primary N) is 1. The maximum atomic E-state index is 14.1. The van der Waals surface area contributed by atoms with Crippen molar-refractivity contribution in [3.8, 4) is 11.3 Å². The number of morpholine rings is 1. The van der Waals surface area contributed by atoms with E-state index in [1.54, 1.807) is 12.4 Å². The smallest absolute Gasteiger partial charge is 0.227 e. The van der Waals surface area contributed by atoms with Gasteiger partial charge in [-0.2, -0.15) is 4.98 Å². The number of nitrogens with zero attached hydrogens (tertiary/aromatic N) is 6. The van der Waals surface area contributed by atoms with E-state index in [2.05, 4.69) is 14.9 Å². The minimum absolute atomic E-state index is 0.0324. The van der Waals surface area contributed by atoms with Crippen LogP contribution in [-0.4, -0.2) is 64.5 Å². The minimum atomic E-state index is -0.866. The summed E-state index contributed by atoms with van der Waals surface area (Å²) in [6.07, 6.45) is 4.88. The van der Waals surface area contributed by atoms with Gasteiger partial charge in [0.05, 0.1) is 31.0 Å². The van der Waals surface area contributed by atoms with Gasteiger partial charge in [0.15, 0.2) is 0 Å². The molecule has 0 saturated carbocycles. The van der Waals surface area contributed by atoms with Crippen LogP contribution < -0.4 is 15.5 Å². The summed E-state index contributed by atoms with van der Waals surface area (Å²) in [6.45, 7) is 4.39. The second-order valence-electron chi connectivity index (χ2n) is 7.98. The largest absolute Gasteiger partial charge is 0.374 e. The molecule has 4 saturated heterocycles. The molecular weight excluding hydrogens is 361 g/mol. The molecule has 8 nitrogen and oxygen atoms in total. The average molecular weight is 385 g/mol. The van der Waals surface area contributed by atoms with Crippen molar-refractivity contribution in [1.82, 2.24) is 19.9 Å². The van der Waals surface area contributed by atoms with E-state index in [0.29, 0.717) is 25.1 Å². The first-order valence-electron chi connectivity index (χ1n) is 9.81. The normalized spacial score (nSPS) is 29.5. The van der Waals surface area contributed by atoms with E-state index in [-0.39, 0.29) is 18.0 Å². The van der Waals surface area contributed by atoms with Crippen LogP contribution in [0, 0.1) is 5.92 Å². The molecule has 0 aromatic carbocycles. The summed E-state index contributed by atoms with van der Waals surface area (Å²) in [5.74, 6) is 1.59. The lowest BCUT2D eigenvalue weighted by Gasteiger charge is -2.45. The molecule has 6 heterocycles. The zero-order valence-electron chi connectivity index (χ0n) is 15.8. The summed E-state index contributed by atoms with van der Waals surface area (Å²) in [4.78, 5) is 21.9. The Morgan fingerprint density at radius 1 is 1.14 bits per heavy atom. The third-order valence-corrected chi connectivity index (χ3v) is 5.95. The fourth-order valence-electron chi connectivity index (χ4n) is 4.25. The second-order valence-corrected chi connectivity index (χ2v) is 7.98. The van der Waals surface area contributed by atoms with Gasteiger partial charge in [0.1, 0.15) is 12.0 Å². The Labute approximate surface area is 163 Å². The summed E-state index contributed by atoms with van der Waals surface area (Å²) in [6, 6.07) is 2.28. The number of fused-ring (bicyclic) bond motifs is 3. The molecule has 2 aromatic heterocycles. The highest BCUT2D eigenvalue weighted by atomic mass is 19.1. The van der Waals surface area contributed by atoms with Gasteiger partial charge in [0.25, 0.3) is 0 Å². The van der Waals surface area contributed by atoms with Gasteiger partial charge in [0, 0.05) is 43.0 Å². The second kappa shape index (κ2) is 6.80. The van der Waals surface area contributed by atoms with Crippen LogP contribution in [0.15, 0.2) is 18.5 Å². The summed E-state index contributed by atoms with van der Waals surface area (Å²) < 4.78 is 20.0. The molecule has 0 radical (unpaired) electrons. The number of halogens is 1. The Hall–Kier alpha value is -2.55. The van der Waals surface area contributed by atoms with E-state index in [1.807, 2.05) is 17.9 Å². The van der Waals surface area contributed by atoms with Gasteiger partial charge in [-0.25, -0.2) is 19.3 Å². The monoisotopic (exact) mass is 385 g/mol. The minimum Gasteiger partial charge on any atom is -0.374 e. The van der Waals surface area contributed by atoms with Crippen molar-refractivity contribution in [3.05, 3.63) is 18.5 Å². The average Bonchev–Trinajstić information content (AvgIpc) is 3.07. The topological polar surface area (TPSA) is 93.3 Å². The van der Waals surface area contributed by atoms with Crippen LogP contribution in [-0.2, 0) is 4.74 Å². The summed E-state index contributed by atoms with van der Waals surface area (Å²) in [7, 11) is 0. The van der Waals surface area contributed by atoms with Gasteiger partial charge in [-0.15, -0.1) is 0 Å². The van der Waals surface area contributed by atoms with Crippen molar-refractivity contribution in [1.29, 1.82) is 0 Å². The molecule has 6 rings (SSSR count). The highest BCUT2D eigenvalue weighted by molar-refractivity contribution is 5.64. The molecule has 4 atom stereocenters. The van der Waals surface area contributed by atoms with Crippen molar-refractivity contribution >= 4 is 17.7 Å². The predicted molar refractivity (Wildman–Crippen MR) is 104 cm³/mol. The van der Waals surface area contributed by atoms with Crippen molar-refractivity contribution in [3.63, 3.8) is 0 Å². The SMILES string of the molecule is CC1CN(c2nc(-c3cnc(N)nc3)cc(N3C[C@@H]4CC[C@H]3CO4)n2)CC1F. The molecule has 28 heavy (non-hydrogen) atoms. The molecule has 2 bridgehead atoms. The maximum absolute atomic E-state index is 14.1. The number of hydrogen-bond donors (Lipinski definition) is 1. The lowest BCUT2D eigenvalue weighted by atomic mass is 9.97. The molecule has 148 valence electrons. The maximum Gasteiger partial charge on any atom is 0.227 e. The Morgan fingerprint density at radius 2 is 1.96 bits per heavy atom. The standard InChI is InChI=1S/C19H24FN7O/c1-11-7-26(9-15(11)20)19-24-16(12-5-22-18(21)23-6-12)4-17(25-19)27-8-14-3-2-13(27)10-28-14/h4-6,11,13-15H,2-3,7-10H2,1H3,(H2,21,22,23)/t11?,13-,14-,15?/m0/s1. The highest BCUT2D eigenvalue weighted by Gasteiger charge is 2.37. The quantitative estimate of drug-likeness (QED) is 0.853. The molecule has 0 spiro atoms. The lowest BCUT2D eigenvalue weighted by Crippen LogP contribution is -2.55. The summed E-state index contributed by atoms with van der Waals surface area (Å²) in [5.41, 5.74) is 7.11. The Kier molecular flexibility index (Phi) is 4.26. The van der Waals surface area contributed by atoms with Crippen molar-refractivity contribution < 1.29 is 9.13 Å². The van der Waals surface area contributed by atoms with Crippen LogP contribution in [0.1, 0.15) is 19.8 Å². The number of rotatable bonds is 3. The first kappa shape index (κ1) is 17.5. The summed E-state index contributed by atoms with van der Waals surface area (Å²) in [5, 5.41) is 0. The van der Waals surface area contributed by atoms with Gasteiger partial charge in [-0.05, 0) is 12.8 Å². The van der Waals surface area contributed by atoms with Crippen LogP contribution in [0.5, 0.6) is 0 Å². The zero-order valence-corrected chi connectivity index (χ0v) is 15.8. The zero-order chi connectivity index (χ0) is 19.3. The fraction of sp³-hybridized carbons (Fsp3) is 0.579. The van der Waals surface area contributed by atoms with E-state index < -0.39 is 6.17 Å². The number of alkyl halides is 1. The van der Waals surface area contributed by atoms with Gasteiger partial charge in [-0.3, -0.25) is 0 Å². The third-order valence-electron chi connectivity index (χ3n) is 5.95. The predicted octanol–water partition coefficient (Wildman–Crippen LogP) is 1.68. The molecule has 4 fully saturated rings. The number of ether oxygens (including phenoxy) is 1. The first-order valence-corrected chi connectivity index (χ1v) is 9.81. The Bertz CT molecular complexity index is 846. The van der Waals surface area contributed by atoms with E-state index in [4.69, 9.17) is 20.4 Å². The number of aromatic nitrogens is 4. The Balaban J connectivity index is 1.55. The molecule has 2 unspecified atom stereocenters. The van der Waals surface area contributed by atoms with Gasteiger partial charge in [0.2, 0.25) is 11.9 Å². The first-order chi connectivity index (χ1) is 13.6.